The molecule has 3 rings (SSSR count). The van der Waals surface area contributed by atoms with Crippen molar-refractivity contribution in [1.82, 2.24) is 0 Å². The molecule has 1 N–H and O–H groups in total. The molecule has 0 aliphatic heterocycles. The molecule has 0 bridgehead atoms. The van der Waals surface area contributed by atoms with Gasteiger partial charge in [-0.3, -0.25) is 0 Å². The van der Waals surface area contributed by atoms with Crippen LogP contribution in [0.25, 0.3) is 22.3 Å². The van der Waals surface area contributed by atoms with Crippen molar-refractivity contribution in [1.29, 1.82) is 0 Å². The summed E-state index contributed by atoms with van der Waals surface area (Å²) in [6.45, 7) is 9.79. The van der Waals surface area contributed by atoms with Crippen LogP contribution in [-0.4, -0.2) is 17.7 Å². The summed E-state index contributed by atoms with van der Waals surface area (Å²) in [5, 5.41) is 9.33. The predicted molar refractivity (Wildman–Crippen MR) is 127 cm³/mol. The van der Waals surface area contributed by atoms with Crippen LogP contribution < -0.4 is 0 Å². The molecule has 0 amide bonds. The lowest BCUT2D eigenvalue weighted by atomic mass is 9.90. The summed E-state index contributed by atoms with van der Waals surface area (Å²) in [6, 6.07) is 21.2. The van der Waals surface area contributed by atoms with Crippen LogP contribution in [0.1, 0.15) is 36.1 Å². The number of aliphatic hydroxyl groups excluding tert-OH is 1. The second kappa shape index (κ2) is 10.2. The van der Waals surface area contributed by atoms with Crippen LogP contribution in [0, 0.1) is 6.92 Å². The highest BCUT2D eigenvalue weighted by Crippen LogP contribution is 2.33. The first kappa shape index (κ1) is 22.5. The summed E-state index contributed by atoms with van der Waals surface area (Å²) >= 11 is 0. The maximum atomic E-state index is 12.0. The van der Waals surface area contributed by atoms with E-state index in [1.807, 2.05) is 12.1 Å². The molecule has 3 heteroatoms. The number of hydrogen-bond acceptors (Lipinski definition) is 3. The van der Waals surface area contributed by atoms with Gasteiger partial charge in [0, 0.05) is 12.2 Å². The number of esters is 1. The summed E-state index contributed by atoms with van der Waals surface area (Å²) in [7, 11) is 0. The lowest BCUT2D eigenvalue weighted by Crippen LogP contribution is -2.07. The van der Waals surface area contributed by atoms with Crippen LogP contribution >= 0.6 is 0 Å². The number of aryl methyl sites for hydroxylation is 2. The van der Waals surface area contributed by atoms with Crippen molar-refractivity contribution < 1.29 is 14.6 Å². The first-order chi connectivity index (χ1) is 14.9. The molecule has 0 aliphatic rings. The van der Waals surface area contributed by atoms with E-state index in [0.717, 1.165) is 28.7 Å². The fourth-order valence-electron chi connectivity index (χ4n) is 3.65. The number of ether oxygens (including phenoxy) is 1. The molecule has 0 aliphatic carbocycles. The van der Waals surface area contributed by atoms with Gasteiger partial charge in [-0.25, -0.2) is 4.79 Å². The van der Waals surface area contributed by atoms with Gasteiger partial charge in [-0.05, 0) is 65.6 Å². The molecular formula is C28H30O3. The Morgan fingerprint density at radius 3 is 2.23 bits per heavy atom. The third-order valence-electron chi connectivity index (χ3n) is 5.44. The average molecular weight is 415 g/mol. The van der Waals surface area contributed by atoms with E-state index in [9.17, 15) is 9.90 Å². The minimum absolute atomic E-state index is 0.0792. The zero-order chi connectivity index (χ0) is 22.4. The van der Waals surface area contributed by atoms with E-state index >= 15 is 0 Å². The van der Waals surface area contributed by atoms with Gasteiger partial charge in [0.15, 0.2) is 0 Å². The minimum atomic E-state index is -0.399. The molecule has 0 fully saturated rings. The molecule has 0 radical (unpaired) electrons. The summed E-state index contributed by atoms with van der Waals surface area (Å²) < 4.78 is 5.46. The Bertz CT molecular complexity index is 1080. The fraction of sp³-hybridized carbons (Fsp3) is 0.250. The monoisotopic (exact) mass is 414 g/mol. The summed E-state index contributed by atoms with van der Waals surface area (Å²) in [4.78, 5) is 12.0. The highest BCUT2D eigenvalue weighted by Gasteiger charge is 2.13. The quantitative estimate of drug-likeness (QED) is 0.361. The molecule has 3 nitrogen and oxygen atoms in total. The highest BCUT2D eigenvalue weighted by atomic mass is 16.5. The van der Waals surface area contributed by atoms with Crippen molar-refractivity contribution in [2.24, 2.45) is 0 Å². The first-order valence-electron chi connectivity index (χ1n) is 10.7. The van der Waals surface area contributed by atoms with Gasteiger partial charge in [-0.1, -0.05) is 79.7 Å². The van der Waals surface area contributed by atoms with E-state index in [-0.39, 0.29) is 13.2 Å². The normalized spacial score (nSPS) is 10.7. The van der Waals surface area contributed by atoms with Crippen molar-refractivity contribution in [2.45, 2.75) is 40.2 Å². The molecule has 0 heterocycles. The van der Waals surface area contributed by atoms with Gasteiger partial charge in [0.1, 0.15) is 6.61 Å². The molecule has 0 aromatic heterocycles. The van der Waals surface area contributed by atoms with Crippen LogP contribution in [-0.2, 0) is 29.0 Å². The second-order valence-electron chi connectivity index (χ2n) is 7.91. The third-order valence-corrected chi connectivity index (χ3v) is 5.44. The fourth-order valence-corrected chi connectivity index (χ4v) is 3.65. The second-order valence-corrected chi connectivity index (χ2v) is 7.91. The number of carbonyl (C=O) groups is 1. The van der Waals surface area contributed by atoms with Crippen LogP contribution in [0.15, 0.2) is 72.8 Å². The van der Waals surface area contributed by atoms with Gasteiger partial charge < -0.3 is 9.84 Å². The number of hydrogen-bond donors (Lipinski definition) is 1. The lowest BCUT2D eigenvalue weighted by Gasteiger charge is -2.16. The van der Waals surface area contributed by atoms with Crippen molar-refractivity contribution in [3.8, 4) is 22.3 Å². The largest absolute Gasteiger partial charge is 0.457 e. The molecule has 0 saturated heterocycles. The standard InChI is InChI=1S/C28H30O3/c1-5-22-17-24(23-9-6-20(4)7-10-23)11-13-26(22)27-12-8-21(14-15-29)16-25(27)18-31-28(30)19(2)3/h6-13,16-17,29H,2,5,14-15,18H2,1,3-4H3. The van der Waals surface area contributed by atoms with E-state index in [0.29, 0.717) is 12.0 Å². The molecule has 0 saturated carbocycles. The minimum Gasteiger partial charge on any atom is -0.457 e. The SMILES string of the molecule is C=C(C)C(=O)OCc1cc(CCO)ccc1-c1ccc(-c2ccc(C)cc2)cc1CC. The van der Waals surface area contributed by atoms with Gasteiger partial charge in [-0.2, -0.15) is 0 Å². The zero-order valence-electron chi connectivity index (χ0n) is 18.6. The topological polar surface area (TPSA) is 46.5 Å². The Labute approximate surface area is 185 Å². The summed E-state index contributed by atoms with van der Waals surface area (Å²) in [6.07, 6.45) is 1.45. The Balaban J connectivity index is 2.02. The Kier molecular flexibility index (Phi) is 7.43. The number of carbonyl (C=O) groups excluding carboxylic acids is 1. The number of rotatable bonds is 8. The molecule has 3 aromatic carbocycles. The van der Waals surface area contributed by atoms with E-state index in [4.69, 9.17) is 4.74 Å². The molecule has 31 heavy (non-hydrogen) atoms. The summed E-state index contributed by atoms with van der Waals surface area (Å²) in [5.74, 6) is -0.399. The summed E-state index contributed by atoms with van der Waals surface area (Å²) in [5.41, 5.74) is 9.37. The Hall–Kier alpha value is -3.17. The highest BCUT2D eigenvalue weighted by molar-refractivity contribution is 5.87. The van der Waals surface area contributed by atoms with E-state index in [1.54, 1.807) is 6.92 Å². The van der Waals surface area contributed by atoms with Crippen LogP contribution in [0.5, 0.6) is 0 Å². The zero-order valence-corrected chi connectivity index (χ0v) is 18.6. The molecular weight excluding hydrogens is 384 g/mol. The molecule has 0 spiro atoms. The van der Waals surface area contributed by atoms with Gasteiger partial charge in [-0.15, -0.1) is 0 Å². The molecule has 160 valence electrons. The average Bonchev–Trinajstić information content (AvgIpc) is 2.78. The number of benzene rings is 3. The van der Waals surface area contributed by atoms with Crippen molar-refractivity contribution >= 4 is 5.97 Å². The van der Waals surface area contributed by atoms with Crippen LogP contribution in [0.2, 0.25) is 0 Å². The molecule has 0 unspecified atom stereocenters. The third kappa shape index (κ3) is 5.50. The van der Waals surface area contributed by atoms with Gasteiger partial charge >= 0.3 is 5.97 Å². The van der Waals surface area contributed by atoms with E-state index in [2.05, 4.69) is 69.0 Å². The Morgan fingerprint density at radius 1 is 0.935 bits per heavy atom. The lowest BCUT2D eigenvalue weighted by molar-refractivity contribution is -0.140. The van der Waals surface area contributed by atoms with E-state index in [1.165, 1.54) is 22.3 Å². The number of aliphatic hydroxyl groups is 1. The van der Waals surface area contributed by atoms with Crippen molar-refractivity contribution in [2.75, 3.05) is 6.61 Å². The Morgan fingerprint density at radius 2 is 1.58 bits per heavy atom. The molecule has 3 aromatic rings. The predicted octanol–water partition coefficient (Wildman–Crippen LogP) is 6.05. The van der Waals surface area contributed by atoms with Gasteiger partial charge in [0.2, 0.25) is 0 Å². The smallest absolute Gasteiger partial charge is 0.333 e. The van der Waals surface area contributed by atoms with Crippen molar-refractivity contribution in [3.63, 3.8) is 0 Å². The maximum Gasteiger partial charge on any atom is 0.333 e. The van der Waals surface area contributed by atoms with Gasteiger partial charge in [0.05, 0.1) is 0 Å². The van der Waals surface area contributed by atoms with E-state index < -0.39 is 5.97 Å². The van der Waals surface area contributed by atoms with Crippen molar-refractivity contribution in [3.05, 3.63) is 95.1 Å². The maximum absolute atomic E-state index is 12.0. The molecule has 0 atom stereocenters. The van der Waals surface area contributed by atoms with Gasteiger partial charge in [0.25, 0.3) is 0 Å². The van der Waals surface area contributed by atoms with Crippen LogP contribution in [0.3, 0.4) is 0 Å². The van der Waals surface area contributed by atoms with Crippen LogP contribution in [0.4, 0.5) is 0 Å². The first-order valence-corrected chi connectivity index (χ1v) is 10.7.